The molecule has 0 spiro atoms. The van der Waals surface area contributed by atoms with Crippen LogP contribution >= 0.6 is 11.3 Å². The first-order chi connectivity index (χ1) is 12.6. The third-order valence-electron chi connectivity index (χ3n) is 3.36. The molecular formula is C15H8F6N4OS. The molecular weight excluding hydrogens is 398 g/mol. The molecule has 0 amide bonds. The van der Waals surface area contributed by atoms with E-state index in [1.807, 2.05) is 6.07 Å². The fourth-order valence-electron chi connectivity index (χ4n) is 2.19. The second-order valence-corrected chi connectivity index (χ2v) is 6.24. The lowest BCUT2D eigenvalue weighted by Crippen LogP contribution is -2.24. The van der Waals surface area contributed by atoms with Crippen molar-refractivity contribution < 1.29 is 31.1 Å². The van der Waals surface area contributed by atoms with Crippen LogP contribution in [-0.2, 0) is 12.4 Å². The van der Waals surface area contributed by atoms with E-state index >= 15 is 0 Å². The van der Waals surface area contributed by atoms with Crippen LogP contribution in [0, 0.1) is 11.3 Å². The Labute approximate surface area is 151 Å². The Kier molecular flexibility index (Phi) is 4.73. The zero-order valence-electron chi connectivity index (χ0n) is 13.0. The molecule has 3 rings (SSSR count). The maximum Gasteiger partial charge on any atom is 0.435 e. The van der Waals surface area contributed by atoms with Crippen LogP contribution in [0.5, 0.6) is 5.75 Å². The van der Waals surface area contributed by atoms with Gasteiger partial charge in [-0.15, -0.1) is 11.3 Å². The van der Waals surface area contributed by atoms with E-state index < -0.39 is 29.2 Å². The lowest BCUT2D eigenvalue weighted by Gasteiger charge is -2.19. The molecule has 1 atom stereocenters. The molecule has 1 aliphatic heterocycles. The minimum Gasteiger partial charge on any atom is -0.467 e. The predicted octanol–water partition coefficient (Wildman–Crippen LogP) is 4.49. The Balaban J connectivity index is 1.85. The van der Waals surface area contributed by atoms with Crippen molar-refractivity contribution in [3.8, 4) is 11.8 Å². The quantitative estimate of drug-likeness (QED) is 0.691. The zero-order chi connectivity index (χ0) is 19.8. The van der Waals surface area contributed by atoms with Crippen molar-refractivity contribution in [3.05, 3.63) is 45.9 Å². The lowest BCUT2D eigenvalue weighted by atomic mass is 10.1. The maximum atomic E-state index is 12.7. The monoisotopic (exact) mass is 406 g/mol. The van der Waals surface area contributed by atoms with Gasteiger partial charge in [-0.1, -0.05) is 0 Å². The summed E-state index contributed by atoms with van der Waals surface area (Å²) in [6, 6.07) is 3.37. The predicted molar refractivity (Wildman–Crippen MR) is 82.1 cm³/mol. The van der Waals surface area contributed by atoms with Crippen LogP contribution in [0.25, 0.3) is 0 Å². The maximum absolute atomic E-state index is 12.7. The number of nitriles is 1. The van der Waals surface area contributed by atoms with Crippen molar-refractivity contribution in [1.29, 1.82) is 5.26 Å². The van der Waals surface area contributed by atoms with Crippen molar-refractivity contribution in [2.24, 2.45) is 4.99 Å². The molecule has 1 unspecified atom stereocenters. The van der Waals surface area contributed by atoms with E-state index in [1.165, 1.54) is 6.08 Å². The number of rotatable bonds is 2. The van der Waals surface area contributed by atoms with Gasteiger partial charge in [0, 0.05) is 29.6 Å². The molecule has 142 valence electrons. The molecule has 5 nitrogen and oxygen atoms in total. The van der Waals surface area contributed by atoms with Gasteiger partial charge in [0.1, 0.15) is 10.6 Å². The molecule has 2 aromatic heterocycles. The largest absolute Gasteiger partial charge is 0.467 e. The fraction of sp³-hybridized carbons (Fsp3) is 0.267. The van der Waals surface area contributed by atoms with E-state index in [0.717, 1.165) is 28.4 Å². The number of nitrogens with zero attached hydrogens (tertiary/aromatic N) is 4. The van der Waals surface area contributed by atoms with E-state index in [2.05, 4.69) is 10.1 Å². The minimum absolute atomic E-state index is 0.0371. The lowest BCUT2D eigenvalue weighted by molar-refractivity contribution is -0.141. The summed E-state index contributed by atoms with van der Waals surface area (Å²) in [5.74, 6) is -0.194. The summed E-state index contributed by atoms with van der Waals surface area (Å²) in [4.78, 5) is 3.17. The van der Waals surface area contributed by atoms with Gasteiger partial charge in [-0.25, -0.2) is 9.67 Å². The average molecular weight is 406 g/mol. The van der Waals surface area contributed by atoms with Crippen LogP contribution < -0.4 is 4.74 Å². The van der Waals surface area contributed by atoms with Crippen LogP contribution in [0.2, 0.25) is 0 Å². The molecule has 0 N–H and O–H groups in total. The number of alkyl halides is 6. The minimum atomic E-state index is -4.65. The summed E-state index contributed by atoms with van der Waals surface area (Å²) in [5, 5.41) is 13.6. The second-order valence-electron chi connectivity index (χ2n) is 5.33. The summed E-state index contributed by atoms with van der Waals surface area (Å²) in [6.07, 6.45) is -8.03. The second kappa shape index (κ2) is 6.73. The summed E-state index contributed by atoms with van der Waals surface area (Å²) in [5.41, 5.74) is -1.01. The Morgan fingerprint density at radius 3 is 2.52 bits per heavy atom. The number of ether oxygens (including phenoxy) is 1. The molecule has 0 aliphatic carbocycles. The molecule has 0 aromatic carbocycles. The summed E-state index contributed by atoms with van der Waals surface area (Å²) >= 11 is 0.434. The summed E-state index contributed by atoms with van der Waals surface area (Å²) in [6.45, 7) is 0. The number of hydrogen-bond acceptors (Lipinski definition) is 5. The molecule has 0 radical (unpaired) electrons. The molecule has 12 heteroatoms. The number of halogens is 6. The molecule has 27 heavy (non-hydrogen) atoms. The van der Waals surface area contributed by atoms with Gasteiger partial charge in [-0.05, 0) is 12.1 Å². The molecule has 0 bridgehead atoms. The summed E-state index contributed by atoms with van der Waals surface area (Å²) < 4.78 is 82.2. The zero-order valence-corrected chi connectivity index (χ0v) is 13.9. The Morgan fingerprint density at radius 2 is 1.96 bits per heavy atom. The number of aromatic nitrogens is 2. The van der Waals surface area contributed by atoms with Gasteiger partial charge in [0.05, 0.1) is 6.07 Å². The van der Waals surface area contributed by atoms with E-state index in [9.17, 15) is 26.3 Å². The first kappa shape index (κ1) is 19.0. The van der Waals surface area contributed by atoms with Gasteiger partial charge in [-0.2, -0.15) is 36.7 Å². The fourth-order valence-corrected chi connectivity index (χ4v) is 2.88. The van der Waals surface area contributed by atoms with Crippen molar-refractivity contribution >= 4 is 17.2 Å². The van der Waals surface area contributed by atoms with Crippen LogP contribution in [0.3, 0.4) is 0 Å². The molecule has 0 saturated heterocycles. The highest BCUT2D eigenvalue weighted by molar-refractivity contribution is 7.10. The first-order valence-electron chi connectivity index (χ1n) is 7.20. The number of aliphatic imine (C=N–C) groups is 1. The standard InChI is InChI=1S/C15H8F6N4OS/c16-14(17,18)10-1-2-25(24-10)12-3-8(6-22)4-13(23-12)26-9-5-11(27-7-9)15(19,20)21/h1-3,5,7,13H,4H2. The van der Waals surface area contributed by atoms with Crippen molar-refractivity contribution in [3.63, 3.8) is 0 Å². The van der Waals surface area contributed by atoms with Crippen LogP contribution in [0.4, 0.5) is 26.3 Å². The molecule has 3 heterocycles. The smallest absolute Gasteiger partial charge is 0.435 e. The normalized spacial score (nSPS) is 17.9. The number of hydrogen-bond donors (Lipinski definition) is 0. The third kappa shape index (κ3) is 4.30. The van der Waals surface area contributed by atoms with Gasteiger partial charge < -0.3 is 4.74 Å². The van der Waals surface area contributed by atoms with E-state index in [0.29, 0.717) is 11.3 Å². The highest BCUT2D eigenvalue weighted by Gasteiger charge is 2.35. The van der Waals surface area contributed by atoms with E-state index in [-0.39, 0.29) is 23.6 Å². The Hall–Kier alpha value is -2.81. The van der Waals surface area contributed by atoms with Gasteiger partial charge in [0.15, 0.2) is 17.8 Å². The van der Waals surface area contributed by atoms with E-state index in [4.69, 9.17) is 10.00 Å². The SMILES string of the molecule is N#CC1=CC(n2ccc(C(F)(F)F)n2)=NC(Oc2csc(C(F)(F)F)c2)C1. The van der Waals surface area contributed by atoms with Crippen LogP contribution in [0.15, 0.2) is 40.4 Å². The van der Waals surface area contributed by atoms with Gasteiger partial charge in [-0.3, -0.25) is 0 Å². The van der Waals surface area contributed by atoms with Crippen LogP contribution in [-0.4, -0.2) is 21.8 Å². The number of allylic oxidation sites excluding steroid dienone is 1. The van der Waals surface area contributed by atoms with Crippen LogP contribution in [0.1, 0.15) is 17.0 Å². The van der Waals surface area contributed by atoms with Gasteiger partial charge >= 0.3 is 12.4 Å². The first-order valence-corrected chi connectivity index (χ1v) is 8.08. The molecule has 2 aromatic rings. The van der Waals surface area contributed by atoms with Crippen molar-refractivity contribution in [2.45, 2.75) is 25.0 Å². The van der Waals surface area contributed by atoms with Crippen molar-refractivity contribution in [1.82, 2.24) is 9.78 Å². The third-order valence-corrected chi connectivity index (χ3v) is 4.31. The molecule has 0 saturated carbocycles. The summed E-state index contributed by atoms with van der Waals surface area (Å²) in [7, 11) is 0. The van der Waals surface area contributed by atoms with Crippen molar-refractivity contribution in [2.75, 3.05) is 0 Å². The topological polar surface area (TPSA) is 63.2 Å². The Morgan fingerprint density at radius 1 is 1.22 bits per heavy atom. The highest BCUT2D eigenvalue weighted by atomic mass is 32.1. The number of dihydropyridines is 1. The Bertz CT molecular complexity index is 947. The average Bonchev–Trinajstić information content (AvgIpc) is 3.22. The van der Waals surface area contributed by atoms with Gasteiger partial charge in [0.2, 0.25) is 0 Å². The van der Waals surface area contributed by atoms with E-state index in [1.54, 1.807) is 0 Å². The molecule has 0 fully saturated rings. The molecule has 1 aliphatic rings. The van der Waals surface area contributed by atoms with Gasteiger partial charge in [0.25, 0.3) is 0 Å². The number of thiophene rings is 1. The highest BCUT2D eigenvalue weighted by Crippen LogP contribution is 2.37.